The Morgan fingerprint density at radius 2 is 0.553 bits per heavy atom. The van der Waals surface area contributed by atoms with E-state index in [9.17, 15) is 19.8 Å². The lowest BCUT2D eigenvalue weighted by Crippen LogP contribution is -2.45. The predicted molar refractivity (Wildman–Crippen MR) is 375 cm³/mol. The van der Waals surface area contributed by atoms with Gasteiger partial charge in [0.25, 0.3) is 0 Å². The minimum Gasteiger partial charge on any atom is -0.466 e. The van der Waals surface area contributed by atoms with Crippen LogP contribution in [0.4, 0.5) is 0 Å². The van der Waals surface area contributed by atoms with Crippen molar-refractivity contribution in [1.82, 2.24) is 5.32 Å². The van der Waals surface area contributed by atoms with E-state index in [1.165, 1.54) is 379 Å². The molecule has 0 aromatic rings. The van der Waals surface area contributed by atoms with Gasteiger partial charge in [0.1, 0.15) is 0 Å². The molecule has 0 spiro atoms. The number of rotatable bonds is 74. The number of nitrogens with one attached hydrogen (secondary N) is 1. The highest BCUT2D eigenvalue weighted by atomic mass is 16.5. The minimum absolute atomic E-state index is 0.0205. The van der Waals surface area contributed by atoms with Gasteiger partial charge in [0.2, 0.25) is 5.91 Å². The number of ether oxygens (including phenoxy) is 1. The number of unbranched alkanes of at least 4 members (excludes halogenated alkanes) is 61. The van der Waals surface area contributed by atoms with Gasteiger partial charge in [-0.25, -0.2) is 0 Å². The molecule has 1 amide bonds. The Kier molecular flexibility index (Phi) is 73.3. The molecule has 504 valence electrons. The van der Waals surface area contributed by atoms with Crippen molar-refractivity contribution in [3.05, 3.63) is 24.3 Å². The molecule has 85 heavy (non-hydrogen) atoms. The average molecular weight is 1200 g/mol. The molecule has 2 unspecified atom stereocenters. The van der Waals surface area contributed by atoms with Gasteiger partial charge in [-0.15, -0.1) is 0 Å². The molecule has 0 saturated heterocycles. The highest BCUT2D eigenvalue weighted by Crippen LogP contribution is 2.20. The van der Waals surface area contributed by atoms with Gasteiger partial charge in [-0.1, -0.05) is 398 Å². The number of carbonyl (C=O) groups is 2. The summed E-state index contributed by atoms with van der Waals surface area (Å²) < 4.78 is 5.48. The first-order valence-electron chi connectivity index (χ1n) is 39.1. The fourth-order valence-electron chi connectivity index (χ4n) is 12.5. The molecule has 6 heteroatoms. The maximum Gasteiger partial charge on any atom is 0.305 e. The van der Waals surface area contributed by atoms with Crippen molar-refractivity contribution < 1.29 is 24.5 Å². The molecule has 0 aromatic heterocycles. The van der Waals surface area contributed by atoms with Gasteiger partial charge in [0, 0.05) is 12.8 Å². The molecule has 2 atom stereocenters. The van der Waals surface area contributed by atoms with Gasteiger partial charge >= 0.3 is 5.97 Å². The van der Waals surface area contributed by atoms with Crippen LogP contribution in [-0.2, 0) is 14.3 Å². The molecule has 6 nitrogen and oxygen atoms in total. The average Bonchev–Trinajstić information content (AvgIpc) is 3.55. The zero-order chi connectivity index (χ0) is 61.3. The number of hydrogen-bond acceptors (Lipinski definition) is 5. The molecule has 0 rings (SSSR count). The van der Waals surface area contributed by atoms with Crippen molar-refractivity contribution >= 4 is 11.9 Å². The van der Waals surface area contributed by atoms with Crippen LogP contribution in [0.25, 0.3) is 0 Å². The third-order valence-corrected chi connectivity index (χ3v) is 18.5. The van der Waals surface area contributed by atoms with Gasteiger partial charge in [0.15, 0.2) is 0 Å². The van der Waals surface area contributed by atoms with Crippen LogP contribution in [0.5, 0.6) is 0 Å². The third kappa shape index (κ3) is 71.3. The van der Waals surface area contributed by atoms with Crippen molar-refractivity contribution in [3.63, 3.8) is 0 Å². The summed E-state index contributed by atoms with van der Waals surface area (Å²) in [6, 6.07) is -0.626. The largest absolute Gasteiger partial charge is 0.466 e. The van der Waals surface area contributed by atoms with Gasteiger partial charge in [0.05, 0.1) is 25.4 Å². The number of allylic oxidation sites excluding steroid dienone is 3. The molecule has 0 aliphatic carbocycles. The quantitative estimate of drug-likeness (QED) is 0.0320. The molecular weight excluding hydrogens is 1040 g/mol. The second-order valence-corrected chi connectivity index (χ2v) is 27.0. The Morgan fingerprint density at radius 1 is 0.318 bits per heavy atom. The molecule has 0 aliphatic rings. The fraction of sp³-hybridized carbons (Fsp3) is 0.924. The van der Waals surface area contributed by atoms with E-state index in [0.717, 1.165) is 38.5 Å². The highest BCUT2D eigenvalue weighted by molar-refractivity contribution is 5.76. The summed E-state index contributed by atoms with van der Waals surface area (Å²) >= 11 is 0. The molecule has 3 N–H and O–H groups in total. The lowest BCUT2D eigenvalue weighted by Gasteiger charge is -2.20. The summed E-state index contributed by atoms with van der Waals surface area (Å²) in [5.41, 5.74) is 0. The first-order valence-corrected chi connectivity index (χ1v) is 39.1. The number of amides is 1. The van der Waals surface area contributed by atoms with E-state index in [-0.39, 0.29) is 18.5 Å². The van der Waals surface area contributed by atoms with Crippen LogP contribution in [0, 0.1) is 0 Å². The van der Waals surface area contributed by atoms with Gasteiger partial charge in [-0.05, 0) is 57.8 Å². The second-order valence-electron chi connectivity index (χ2n) is 27.0. The van der Waals surface area contributed by atoms with E-state index in [1.54, 1.807) is 6.08 Å². The van der Waals surface area contributed by atoms with E-state index < -0.39 is 12.1 Å². The molecule has 0 fully saturated rings. The molecule has 0 aromatic carbocycles. The van der Waals surface area contributed by atoms with E-state index in [4.69, 9.17) is 4.74 Å². The van der Waals surface area contributed by atoms with Gasteiger partial charge in [-0.3, -0.25) is 9.59 Å². The number of hydrogen-bond donors (Lipinski definition) is 3. The number of aliphatic hydroxyl groups excluding tert-OH is 2. The van der Waals surface area contributed by atoms with Crippen LogP contribution < -0.4 is 5.32 Å². The zero-order valence-corrected chi connectivity index (χ0v) is 57.9. The molecule has 0 radical (unpaired) electrons. The maximum absolute atomic E-state index is 12.5. The van der Waals surface area contributed by atoms with Crippen molar-refractivity contribution in [2.75, 3.05) is 13.2 Å². The van der Waals surface area contributed by atoms with Gasteiger partial charge < -0.3 is 20.3 Å². The van der Waals surface area contributed by atoms with Crippen molar-refractivity contribution in [2.24, 2.45) is 0 Å². The molecule has 0 saturated carbocycles. The third-order valence-electron chi connectivity index (χ3n) is 18.5. The van der Waals surface area contributed by atoms with Crippen molar-refractivity contribution in [1.29, 1.82) is 0 Å². The van der Waals surface area contributed by atoms with E-state index in [0.29, 0.717) is 19.4 Å². The topological polar surface area (TPSA) is 95.9 Å². The summed E-state index contributed by atoms with van der Waals surface area (Å²) in [6.45, 7) is 4.95. The van der Waals surface area contributed by atoms with E-state index >= 15 is 0 Å². The SMILES string of the molecule is CCCCCCCCCCCCCCCCCCCCCC/C=C/C(O)C(CO)NC(=O)CCCCCCCCCCCCCCCCCCC/C=C\CCCCCCCCCCCCCCCCOC(=O)CCCCCCCCCCCCC. The fourth-order valence-corrected chi connectivity index (χ4v) is 12.5. The molecular formula is C79H153NO5. The maximum atomic E-state index is 12.5. The van der Waals surface area contributed by atoms with E-state index in [2.05, 4.69) is 31.3 Å². The first-order chi connectivity index (χ1) is 42.0. The first kappa shape index (κ1) is 83.3. The summed E-state index contributed by atoms with van der Waals surface area (Å²) in [6.07, 6.45) is 95.9. The number of carbonyl (C=O) groups excluding carboxylic acids is 2. The number of aliphatic hydroxyl groups is 2. The Bertz CT molecular complexity index is 1330. The Balaban J connectivity index is 3.37. The normalized spacial score (nSPS) is 12.6. The zero-order valence-electron chi connectivity index (χ0n) is 57.9. The highest BCUT2D eigenvalue weighted by Gasteiger charge is 2.18. The van der Waals surface area contributed by atoms with Crippen LogP contribution in [0.3, 0.4) is 0 Å². The standard InChI is InChI=1S/C79H153NO5/c1-3-5-7-9-11-13-15-16-17-18-19-20-36-39-42-45-48-52-55-59-63-67-71-77(82)76(75-81)80-78(83)72-68-64-60-56-53-49-46-43-40-37-34-32-30-28-26-24-22-21-23-25-27-29-31-33-35-38-41-44-47-50-54-58-62-66-70-74-85-79(84)73-69-65-61-57-51-14-12-10-8-6-4-2/h23,25,67,71,76-77,81-82H,3-22,24,26-66,68-70,72-75H2,1-2H3,(H,80,83)/b25-23-,71-67+. The van der Waals surface area contributed by atoms with Crippen LogP contribution >= 0.6 is 0 Å². The van der Waals surface area contributed by atoms with E-state index in [1.807, 2.05) is 6.08 Å². The summed E-state index contributed by atoms with van der Waals surface area (Å²) in [7, 11) is 0. The molecule has 0 heterocycles. The second kappa shape index (κ2) is 74.8. The van der Waals surface area contributed by atoms with Crippen LogP contribution in [-0.4, -0.2) is 47.4 Å². The Labute approximate surface area is 532 Å². The lowest BCUT2D eigenvalue weighted by molar-refractivity contribution is -0.143. The van der Waals surface area contributed by atoms with Crippen LogP contribution in [0.1, 0.15) is 444 Å². The minimum atomic E-state index is -0.843. The summed E-state index contributed by atoms with van der Waals surface area (Å²) in [5, 5.41) is 23.3. The summed E-state index contributed by atoms with van der Waals surface area (Å²) in [5.74, 6) is -0.0390. The summed E-state index contributed by atoms with van der Waals surface area (Å²) in [4.78, 5) is 24.6. The Hall–Kier alpha value is -1.66. The monoisotopic (exact) mass is 1200 g/mol. The van der Waals surface area contributed by atoms with Gasteiger partial charge in [-0.2, -0.15) is 0 Å². The Morgan fingerprint density at radius 3 is 0.835 bits per heavy atom. The van der Waals surface area contributed by atoms with Crippen LogP contribution in [0.15, 0.2) is 24.3 Å². The molecule has 0 aliphatic heterocycles. The van der Waals surface area contributed by atoms with Crippen molar-refractivity contribution in [2.45, 2.75) is 456 Å². The van der Waals surface area contributed by atoms with Crippen LogP contribution in [0.2, 0.25) is 0 Å². The lowest BCUT2D eigenvalue weighted by atomic mass is 10.0. The molecule has 0 bridgehead atoms. The predicted octanol–water partition coefficient (Wildman–Crippen LogP) is 25.7. The smallest absolute Gasteiger partial charge is 0.305 e. The number of esters is 1. The van der Waals surface area contributed by atoms with Crippen molar-refractivity contribution in [3.8, 4) is 0 Å².